The van der Waals surface area contributed by atoms with Gasteiger partial charge in [-0.2, -0.15) is 0 Å². The number of hydrogen-bond donors (Lipinski definition) is 0. The minimum absolute atomic E-state index is 0.0417. The molecule has 24 aromatic rings. The van der Waals surface area contributed by atoms with Gasteiger partial charge in [0.2, 0.25) is 5.43 Å². The van der Waals surface area contributed by atoms with Crippen molar-refractivity contribution in [3.8, 4) is 156 Å². The van der Waals surface area contributed by atoms with Crippen LogP contribution < -0.4 is 10.9 Å². The first kappa shape index (κ1) is 87.6. The fourth-order valence-corrected chi connectivity index (χ4v) is 26.6. The molecule has 0 unspecified atom stereocenters. The van der Waals surface area contributed by atoms with Gasteiger partial charge in [0.15, 0.2) is 11.2 Å². The molecule has 0 amide bonds. The van der Waals surface area contributed by atoms with E-state index in [2.05, 4.69) is 452 Å². The second kappa shape index (κ2) is 34.0. The summed E-state index contributed by atoms with van der Waals surface area (Å²) in [7, 11) is 0. The lowest BCUT2D eigenvalue weighted by Crippen LogP contribution is -2.26. The number of hydrogen-bond acceptors (Lipinski definition) is 5. The molecule has 0 saturated heterocycles. The van der Waals surface area contributed by atoms with E-state index >= 15 is 0 Å². The summed E-state index contributed by atoms with van der Waals surface area (Å²) in [5.74, 6) is 0.0435. The predicted octanol–water partition coefficient (Wildman–Crippen LogP) is 35.9. The summed E-state index contributed by atoms with van der Waals surface area (Å²) < 4.78 is 8.43. The minimum Gasteiger partial charge on any atom is -0.456 e. The van der Waals surface area contributed by atoms with Crippen molar-refractivity contribution in [2.45, 2.75) is 49.4 Å². The Morgan fingerprint density at radius 3 is 0.723 bits per heavy atom. The highest BCUT2D eigenvalue weighted by atomic mass is 32.1. The maximum atomic E-state index is 15.0. The first-order valence-electron chi connectivity index (χ1n) is 51.1. The number of fused-ring (bicyclic) bond motifs is 30. The Balaban J connectivity index is 0.000000107. The van der Waals surface area contributed by atoms with Gasteiger partial charge in [-0.15, -0.1) is 11.3 Å². The van der Waals surface area contributed by atoms with Gasteiger partial charge in [0.1, 0.15) is 11.2 Å². The van der Waals surface area contributed by atoms with Crippen molar-refractivity contribution in [3.05, 3.63) is 596 Å². The van der Waals surface area contributed by atoms with Crippen LogP contribution in [-0.4, -0.2) is 5.78 Å². The van der Waals surface area contributed by atoms with Gasteiger partial charge in [0.25, 0.3) is 0 Å². The third kappa shape index (κ3) is 13.5. The maximum Gasteiger partial charge on any atom is 0.200 e. The van der Waals surface area contributed by atoms with Gasteiger partial charge in [-0.3, -0.25) is 14.4 Å². The van der Waals surface area contributed by atoms with E-state index in [4.69, 9.17) is 4.42 Å². The number of benzene rings is 22. The average Bonchev–Trinajstić information content (AvgIpc) is 1.51. The van der Waals surface area contributed by atoms with Gasteiger partial charge in [0.05, 0.1) is 21.6 Å². The summed E-state index contributed by atoms with van der Waals surface area (Å²) in [5, 5.41) is 2.70. The summed E-state index contributed by atoms with van der Waals surface area (Å²) in [6.07, 6.45) is 0. The molecule has 2 spiro atoms. The molecule has 0 saturated carbocycles. The highest BCUT2D eigenvalue weighted by Gasteiger charge is 2.54. The first-order valence-corrected chi connectivity index (χ1v) is 51.9. The first-order chi connectivity index (χ1) is 72.6. The van der Waals surface area contributed by atoms with Gasteiger partial charge in [-0.05, 0) is 332 Å². The van der Waals surface area contributed by atoms with E-state index in [-0.39, 0.29) is 27.5 Å². The molecule has 5 heteroatoms. The van der Waals surface area contributed by atoms with Gasteiger partial charge < -0.3 is 4.42 Å². The molecule has 2 aromatic heterocycles. The monoisotopic (exact) mass is 1910 g/mol. The van der Waals surface area contributed by atoms with Crippen LogP contribution in [-0.2, 0) is 21.7 Å². The molecular weight excluding hydrogens is 1810 g/mol. The molecule has 22 aromatic carbocycles. The highest BCUT2D eigenvalue weighted by Crippen LogP contribution is 2.66. The topological polar surface area (TPSA) is 64.3 Å². The highest BCUT2D eigenvalue weighted by molar-refractivity contribution is 7.24. The van der Waals surface area contributed by atoms with Gasteiger partial charge >= 0.3 is 0 Å². The van der Waals surface area contributed by atoms with Crippen LogP contribution in [0.4, 0.5) is 0 Å². The summed E-state index contributed by atoms with van der Waals surface area (Å²) >= 11 is 1.70. The third-order valence-corrected chi connectivity index (χ3v) is 33.8. The van der Waals surface area contributed by atoms with Crippen molar-refractivity contribution in [2.24, 2.45) is 0 Å². The normalized spacial score (nSPS) is 13.7. The molecule has 0 aliphatic heterocycles. The number of carbonyl (C=O) groups excluding carboxylic acids is 1. The number of ketones is 1. The largest absolute Gasteiger partial charge is 0.456 e. The molecule has 0 fully saturated rings. The Hall–Kier alpha value is -18.1. The van der Waals surface area contributed by atoms with Crippen LogP contribution in [0.3, 0.4) is 0 Å². The lowest BCUT2D eigenvalue weighted by atomic mass is 9.70. The van der Waals surface area contributed by atoms with Crippen LogP contribution in [0.1, 0.15) is 110 Å². The number of rotatable bonds is 10. The SMILES string of the molecule is CC1(C)c2ccccc2-c2ccc(-c3ccc4sc5ccc(-c6ccc7c(c6)C(C)(C)c6ccccc6-7)cc5c(=O)c4c3)cc21.O=C(c1ccc2c(c1)C1(c3ccccc3-c3ccccc31)c1ccccc1-2)c1ccc2c(c1)C1(c3ccccc3-c3ccccc31)c1ccccc1-2.O=c1c2cc(-c3cc(-c4ccccc4)cc(-c4ccccc4)c3)ccc2oc2ccc(-c3cc(-c4ccccc4)cc(-c4ccccc4)c3)cc12. The van der Waals surface area contributed by atoms with E-state index in [1.54, 1.807) is 11.3 Å². The zero-order chi connectivity index (χ0) is 99.0. The van der Waals surface area contributed by atoms with Gasteiger partial charge in [-0.25, -0.2) is 0 Å². The molecule has 2 heterocycles. The smallest absolute Gasteiger partial charge is 0.200 e. The molecule has 0 bridgehead atoms. The molecular formula is C143H94O4S. The molecule has 6 aliphatic rings. The van der Waals surface area contributed by atoms with Gasteiger partial charge in [0, 0.05) is 42.1 Å². The summed E-state index contributed by atoms with van der Waals surface area (Å²) in [6, 6.07) is 176. The molecule has 6 aliphatic carbocycles. The number of carbonyl (C=O) groups is 1. The van der Waals surface area contributed by atoms with Crippen LogP contribution in [0.2, 0.25) is 0 Å². The molecule has 696 valence electrons. The van der Waals surface area contributed by atoms with Crippen molar-refractivity contribution in [1.82, 2.24) is 0 Å². The molecule has 4 nitrogen and oxygen atoms in total. The van der Waals surface area contributed by atoms with E-state index in [1.807, 2.05) is 72.8 Å². The predicted molar refractivity (Wildman–Crippen MR) is 613 cm³/mol. The summed E-state index contributed by atoms with van der Waals surface area (Å²) in [4.78, 5) is 43.5. The molecule has 0 atom stereocenters. The third-order valence-electron chi connectivity index (χ3n) is 32.7. The Labute approximate surface area is 862 Å². The molecule has 0 N–H and O–H groups in total. The van der Waals surface area contributed by atoms with E-state index in [0.29, 0.717) is 33.1 Å². The summed E-state index contributed by atoms with van der Waals surface area (Å²) in [5.41, 5.74) is 49.7. The zero-order valence-electron chi connectivity index (χ0n) is 81.9. The Morgan fingerprint density at radius 1 is 0.182 bits per heavy atom. The van der Waals surface area contributed by atoms with Crippen LogP contribution in [0, 0.1) is 0 Å². The summed E-state index contributed by atoms with van der Waals surface area (Å²) in [6.45, 7) is 9.24. The van der Waals surface area contributed by atoms with Crippen molar-refractivity contribution in [1.29, 1.82) is 0 Å². The second-order valence-corrected chi connectivity index (χ2v) is 42.3. The lowest BCUT2D eigenvalue weighted by molar-refractivity contribution is 0.103. The Bertz CT molecular complexity index is 9070. The van der Waals surface area contributed by atoms with E-state index in [0.717, 1.165) is 109 Å². The van der Waals surface area contributed by atoms with Gasteiger partial charge in [-0.1, -0.05) is 416 Å². The zero-order valence-corrected chi connectivity index (χ0v) is 82.7. The van der Waals surface area contributed by atoms with E-state index in [1.165, 1.54) is 134 Å². The molecule has 0 radical (unpaired) electrons. The fraction of sp³-hybridized carbons (Fsp3) is 0.0559. The van der Waals surface area contributed by atoms with Crippen molar-refractivity contribution in [3.63, 3.8) is 0 Å². The Morgan fingerprint density at radius 2 is 0.405 bits per heavy atom. The Kier molecular flexibility index (Phi) is 20.1. The van der Waals surface area contributed by atoms with E-state index in [9.17, 15) is 14.4 Å². The fourth-order valence-electron chi connectivity index (χ4n) is 25.6. The van der Waals surface area contributed by atoms with Crippen LogP contribution in [0.5, 0.6) is 0 Å². The van der Waals surface area contributed by atoms with Crippen LogP contribution in [0.15, 0.2) is 511 Å². The second-order valence-electron chi connectivity index (χ2n) is 41.3. The van der Waals surface area contributed by atoms with Crippen molar-refractivity contribution in [2.75, 3.05) is 0 Å². The minimum atomic E-state index is -0.490. The molecule has 148 heavy (non-hydrogen) atoms. The van der Waals surface area contributed by atoms with Crippen molar-refractivity contribution < 1.29 is 9.21 Å². The molecule has 30 rings (SSSR count). The van der Waals surface area contributed by atoms with Crippen LogP contribution in [0.25, 0.3) is 198 Å². The average molecular weight is 1910 g/mol. The maximum absolute atomic E-state index is 15.0. The quantitative estimate of drug-likeness (QED) is 0.101. The van der Waals surface area contributed by atoms with E-state index < -0.39 is 10.8 Å². The van der Waals surface area contributed by atoms with Crippen molar-refractivity contribution >= 4 is 59.2 Å². The standard InChI is InChI=1S/C51H30O.C49H32O2.C43H32OS/c52-49(31-25-27-39-37-17-5-11-23-45(37)50(47(39)29-31)41-19-7-1-13-33(41)34-14-2-8-20-42(34)50)32-26-28-40-38-18-6-12-24-46(38)51(48(40)30-32)43-21-9-3-15-35(43)36-16-4-10-22-44(36)51;50-49-45-31-37(43-27-39(33-13-5-1-6-14-33)25-40(28-43)34-15-7-2-8-16-34)21-23-47(45)51-48-24-22-38(32-46(48)49)44-29-41(35-17-9-3-10-18-35)26-42(30-44)36-19-11-4-12-20-36;1-42(2)35-11-7-5-9-29(35)31-17-13-27(23-37(31)42)25-15-19-39-33(21-25)41(44)34-22-26(16-20-40(34)45-39)28-14-18-32-30-10-6-8-12-36(30)43(3,4)38(32)24-28/h1-30H;1-32H;5-24H,1-4H3. The van der Waals surface area contributed by atoms with Crippen LogP contribution >= 0.6 is 11.3 Å². The lowest BCUT2D eigenvalue weighted by Gasteiger charge is -2.31.